The lowest BCUT2D eigenvalue weighted by Gasteiger charge is -2.40. The predicted octanol–water partition coefficient (Wildman–Crippen LogP) is 3.18. The summed E-state index contributed by atoms with van der Waals surface area (Å²) in [5, 5.41) is 3.64. The molecule has 1 aliphatic heterocycles. The monoisotopic (exact) mass is 262 g/mol. The van der Waals surface area contributed by atoms with E-state index >= 15 is 0 Å². The molecule has 1 atom stereocenters. The lowest BCUT2D eigenvalue weighted by molar-refractivity contribution is 0.257. The van der Waals surface area contributed by atoms with Crippen molar-refractivity contribution >= 4 is 5.69 Å². The number of piperazine rings is 1. The summed E-state index contributed by atoms with van der Waals surface area (Å²) in [6, 6.07) is 7.69. The lowest BCUT2D eigenvalue weighted by atomic mass is 9.83. The largest absolute Gasteiger partial charge is 0.366 e. The van der Waals surface area contributed by atoms with E-state index in [1.165, 1.54) is 32.1 Å². The molecule has 1 saturated carbocycles. The smallest absolute Gasteiger partial charge is 0.146 e. The second-order valence-corrected chi connectivity index (χ2v) is 5.86. The van der Waals surface area contributed by atoms with Crippen LogP contribution in [0.3, 0.4) is 0 Å². The summed E-state index contributed by atoms with van der Waals surface area (Å²) in [5.41, 5.74) is 0.768. The quantitative estimate of drug-likeness (QED) is 0.880. The van der Waals surface area contributed by atoms with E-state index in [1.54, 1.807) is 12.1 Å². The van der Waals surface area contributed by atoms with Gasteiger partial charge >= 0.3 is 0 Å². The van der Waals surface area contributed by atoms with E-state index in [2.05, 4.69) is 10.2 Å². The van der Waals surface area contributed by atoms with E-state index in [-0.39, 0.29) is 5.82 Å². The Labute approximate surface area is 115 Å². The van der Waals surface area contributed by atoms with Crippen LogP contribution < -0.4 is 10.2 Å². The molecule has 1 unspecified atom stereocenters. The van der Waals surface area contributed by atoms with Gasteiger partial charge in [0.25, 0.3) is 0 Å². The van der Waals surface area contributed by atoms with Gasteiger partial charge in [0.2, 0.25) is 0 Å². The Morgan fingerprint density at radius 2 is 1.89 bits per heavy atom. The third-order valence-electron chi connectivity index (χ3n) is 4.62. The van der Waals surface area contributed by atoms with Crippen LogP contribution in [0.4, 0.5) is 10.1 Å². The summed E-state index contributed by atoms with van der Waals surface area (Å²) in [5.74, 6) is 0.690. The van der Waals surface area contributed by atoms with Crippen molar-refractivity contribution < 1.29 is 4.39 Å². The molecule has 3 rings (SSSR count). The van der Waals surface area contributed by atoms with Crippen LogP contribution in [0.15, 0.2) is 24.3 Å². The van der Waals surface area contributed by atoms with Gasteiger partial charge in [-0.05, 0) is 30.9 Å². The van der Waals surface area contributed by atoms with Crippen LogP contribution in [-0.4, -0.2) is 25.7 Å². The van der Waals surface area contributed by atoms with Crippen LogP contribution in [0.1, 0.15) is 32.1 Å². The van der Waals surface area contributed by atoms with Gasteiger partial charge in [-0.3, -0.25) is 0 Å². The molecular formula is C16H23FN2. The van der Waals surface area contributed by atoms with Gasteiger partial charge in [0.1, 0.15) is 5.82 Å². The minimum atomic E-state index is -0.0909. The first kappa shape index (κ1) is 12.9. The number of hydrogen-bond acceptors (Lipinski definition) is 2. The molecule has 104 valence electrons. The number of para-hydroxylation sites is 1. The highest BCUT2D eigenvalue weighted by molar-refractivity contribution is 5.48. The first-order valence-electron chi connectivity index (χ1n) is 7.57. The molecule has 2 nitrogen and oxygen atoms in total. The third kappa shape index (κ3) is 2.92. The van der Waals surface area contributed by atoms with Crippen molar-refractivity contribution in [3.8, 4) is 0 Å². The Kier molecular flexibility index (Phi) is 4.02. The van der Waals surface area contributed by atoms with Crippen LogP contribution in [0.2, 0.25) is 0 Å². The van der Waals surface area contributed by atoms with Gasteiger partial charge in [-0.25, -0.2) is 4.39 Å². The molecule has 1 N–H and O–H groups in total. The highest BCUT2D eigenvalue weighted by Gasteiger charge is 2.28. The lowest BCUT2D eigenvalue weighted by Crippen LogP contribution is -2.54. The number of halogens is 1. The van der Waals surface area contributed by atoms with E-state index in [0.29, 0.717) is 6.04 Å². The topological polar surface area (TPSA) is 15.3 Å². The van der Waals surface area contributed by atoms with Crippen molar-refractivity contribution in [2.45, 2.75) is 38.1 Å². The van der Waals surface area contributed by atoms with Crippen molar-refractivity contribution in [3.05, 3.63) is 30.1 Å². The van der Waals surface area contributed by atoms with Gasteiger partial charge in [-0.2, -0.15) is 0 Å². The Hall–Kier alpha value is -1.09. The van der Waals surface area contributed by atoms with Gasteiger partial charge in [-0.1, -0.05) is 31.4 Å². The van der Waals surface area contributed by atoms with Gasteiger partial charge in [0.05, 0.1) is 5.69 Å². The average molecular weight is 262 g/mol. The number of benzene rings is 1. The fourth-order valence-corrected chi connectivity index (χ4v) is 3.56. The molecule has 1 aliphatic carbocycles. The minimum absolute atomic E-state index is 0.0909. The van der Waals surface area contributed by atoms with Crippen LogP contribution in [0.5, 0.6) is 0 Å². The van der Waals surface area contributed by atoms with Crippen molar-refractivity contribution in [1.29, 1.82) is 0 Å². The molecule has 2 aliphatic rings. The molecule has 0 radical (unpaired) electrons. The molecule has 1 heterocycles. The molecule has 3 heteroatoms. The van der Waals surface area contributed by atoms with Gasteiger partial charge < -0.3 is 10.2 Å². The number of rotatable bonds is 2. The number of nitrogens with zero attached hydrogens (tertiary/aromatic N) is 1. The maximum absolute atomic E-state index is 13.9. The molecule has 0 spiro atoms. The Morgan fingerprint density at radius 3 is 2.68 bits per heavy atom. The number of anilines is 1. The van der Waals surface area contributed by atoms with E-state index in [4.69, 9.17) is 0 Å². The van der Waals surface area contributed by atoms with Crippen molar-refractivity contribution in [3.63, 3.8) is 0 Å². The SMILES string of the molecule is Fc1ccccc1N1CCNC(C2CCCCC2)C1. The van der Waals surface area contributed by atoms with Crippen LogP contribution in [0.25, 0.3) is 0 Å². The molecule has 0 amide bonds. The Balaban J connectivity index is 1.69. The maximum atomic E-state index is 13.9. The average Bonchev–Trinajstić information content (AvgIpc) is 2.49. The van der Waals surface area contributed by atoms with Gasteiger partial charge in [0.15, 0.2) is 0 Å². The minimum Gasteiger partial charge on any atom is -0.366 e. The fourth-order valence-electron chi connectivity index (χ4n) is 3.56. The second kappa shape index (κ2) is 5.91. The first-order chi connectivity index (χ1) is 9.34. The predicted molar refractivity (Wildman–Crippen MR) is 77.0 cm³/mol. The van der Waals surface area contributed by atoms with Gasteiger partial charge in [-0.15, -0.1) is 0 Å². The van der Waals surface area contributed by atoms with Crippen LogP contribution >= 0.6 is 0 Å². The second-order valence-electron chi connectivity index (χ2n) is 5.86. The summed E-state index contributed by atoms with van der Waals surface area (Å²) in [4.78, 5) is 2.21. The zero-order valence-corrected chi connectivity index (χ0v) is 11.4. The molecule has 19 heavy (non-hydrogen) atoms. The van der Waals surface area contributed by atoms with Crippen molar-refractivity contribution in [2.75, 3.05) is 24.5 Å². The summed E-state index contributed by atoms with van der Waals surface area (Å²) in [7, 11) is 0. The molecule has 0 bridgehead atoms. The molecule has 0 aromatic heterocycles. The van der Waals surface area contributed by atoms with Crippen LogP contribution in [0, 0.1) is 11.7 Å². The third-order valence-corrected chi connectivity index (χ3v) is 4.62. The summed E-state index contributed by atoms with van der Waals surface area (Å²) in [6.07, 6.45) is 6.79. The Bertz CT molecular complexity index is 415. The van der Waals surface area contributed by atoms with Crippen molar-refractivity contribution in [2.24, 2.45) is 5.92 Å². The molecule has 2 fully saturated rings. The molecule has 1 aromatic rings. The van der Waals surface area contributed by atoms with E-state index in [0.717, 1.165) is 31.2 Å². The van der Waals surface area contributed by atoms with Crippen LogP contribution in [-0.2, 0) is 0 Å². The molecule has 1 aromatic carbocycles. The zero-order valence-electron chi connectivity index (χ0n) is 11.4. The number of nitrogens with one attached hydrogen (secondary N) is 1. The fraction of sp³-hybridized carbons (Fsp3) is 0.625. The summed E-state index contributed by atoms with van der Waals surface area (Å²) < 4.78 is 13.9. The molecule has 1 saturated heterocycles. The highest BCUT2D eigenvalue weighted by Crippen LogP contribution is 2.29. The normalized spacial score (nSPS) is 25.5. The first-order valence-corrected chi connectivity index (χ1v) is 7.57. The Morgan fingerprint density at radius 1 is 1.11 bits per heavy atom. The van der Waals surface area contributed by atoms with Crippen molar-refractivity contribution in [1.82, 2.24) is 5.32 Å². The van der Waals surface area contributed by atoms with E-state index in [1.807, 2.05) is 12.1 Å². The number of hydrogen-bond donors (Lipinski definition) is 1. The maximum Gasteiger partial charge on any atom is 0.146 e. The summed E-state index contributed by atoms with van der Waals surface area (Å²) in [6.45, 7) is 2.82. The zero-order chi connectivity index (χ0) is 13.1. The highest BCUT2D eigenvalue weighted by atomic mass is 19.1. The van der Waals surface area contributed by atoms with E-state index < -0.39 is 0 Å². The summed E-state index contributed by atoms with van der Waals surface area (Å²) >= 11 is 0. The van der Waals surface area contributed by atoms with E-state index in [9.17, 15) is 4.39 Å². The van der Waals surface area contributed by atoms with Gasteiger partial charge in [0, 0.05) is 25.7 Å². The standard InChI is InChI=1S/C16H23FN2/c17-14-8-4-5-9-16(14)19-11-10-18-15(12-19)13-6-2-1-3-7-13/h4-5,8-9,13,15,18H,1-3,6-7,10-12H2. The molecular weight excluding hydrogens is 239 g/mol.